The summed E-state index contributed by atoms with van der Waals surface area (Å²) in [6, 6.07) is 20.3. The average molecular weight is 474 g/mol. The SMILES string of the molecule is COc1ccc(Br)cc1C(=O)N/N=C\c1ccc(OCc2ccccc2)c(Cl)c1. The monoisotopic (exact) mass is 472 g/mol. The fourth-order valence-electron chi connectivity index (χ4n) is 2.53. The first-order valence-corrected chi connectivity index (χ1v) is 9.87. The van der Waals surface area contributed by atoms with Crippen LogP contribution in [0.4, 0.5) is 0 Å². The van der Waals surface area contributed by atoms with Crippen molar-refractivity contribution in [2.45, 2.75) is 6.61 Å². The van der Waals surface area contributed by atoms with Crippen molar-refractivity contribution in [3.63, 3.8) is 0 Å². The normalized spacial score (nSPS) is 10.7. The molecule has 0 saturated heterocycles. The zero-order valence-electron chi connectivity index (χ0n) is 15.6. The second-order valence-electron chi connectivity index (χ2n) is 6.01. The van der Waals surface area contributed by atoms with Gasteiger partial charge in [-0.2, -0.15) is 5.10 Å². The number of nitrogens with one attached hydrogen (secondary N) is 1. The van der Waals surface area contributed by atoms with Crippen LogP contribution in [0.2, 0.25) is 5.02 Å². The van der Waals surface area contributed by atoms with Gasteiger partial charge in [0.25, 0.3) is 5.91 Å². The van der Waals surface area contributed by atoms with Crippen LogP contribution in [0.25, 0.3) is 0 Å². The molecule has 7 heteroatoms. The summed E-state index contributed by atoms with van der Waals surface area (Å²) in [4.78, 5) is 12.3. The van der Waals surface area contributed by atoms with Gasteiger partial charge in [-0.3, -0.25) is 4.79 Å². The lowest BCUT2D eigenvalue weighted by atomic mass is 10.2. The number of nitrogens with zero attached hydrogens (tertiary/aromatic N) is 1. The third-order valence-electron chi connectivity index (χ3n) is 3.98. The van der Waals surface area contributed by atoms with Gasteiger partial charge in [-0.1, -0.05) is 57.9 Å². The Labute approximate surface area is 182 Å². The molecule has 0 heterocycles. The number of amides is 1. The Bertz CT molecular complexity index is 1030. The minimum atomic E-state index is -0.381. The summed E-state index contributed by atoms with van der Waals surface area (Å²) < 4.78 is 11.7. The molecule has 0 atom stereocenters. The van der Waals surface area contributed by atoms with Gasteiger partial charge >= 0.3 is 0 Å². The highest BCUT2D eigenvalue weighted by atomic mass is 79.9. The second kappa shape index (κ2) is 10.1. The maximum Gasteiger partial charge on any atom is 0.275 e. The van der Waals surface area contributed by atoms with Crippen molar-refractivity contribution in [3.05, 3.63) is 92.9 Å². The Morgan fingerprint density at radius 3 is 2.59 bits per heavy atom. The molecule has 148 valence electrons. The van der Waals surface area contributed by atoms with Crippen LogP contribution in [0.5, 0.6) is 11.5 Å². The second-order valence-corrected chi connectivity index (χ2v) is 7.33. The zero-order chi connectivity index (χ0) is 20.6. The van der Waals surface area contributed by atoms with Gasteiger partial charge in [-0.25, -0.2) is 5.43 Å². The van der Waals surface area contributed by atoms with Crippen molar-refractivity contribution >= 4 is 39.7 Å². The fourth-order valence-corrected chi connectivity index (χ4v) is 3.14. The summed E-state index contributed by atoms with van der Waals surface area (Å²) in [5.41, 5.74) is 4.64. The van der Waals surface area contributed by atoms with Crippen LogP contribution in [0, 0.1) is 0 Å². The topological polar surface area (TPSA) is 59.9 Å². The first kappa shape index (κ1) is 20.9. The molecule has 1 amide bonds. The molecule has 3 aromatic carbocycles. The number of carbonyl (C=O) groups is 1. The van der Waals surface area contributed by atoms with Gasteiger partial charge in [0.05, 0.1) is 23.9 Å². The summed E-state index contributed by atoms with van der Waals surface area (Å²) in [5, 5.41) is 4.46. The highest BCUT2D eigenvalue weighted by Crippen LogP contribution is 2.26. The molecule has 0 radical (unpaired) electrons. The molecule has 0 aromatic heterocycles. The molecule has 3 aromatic rings. The average Bonchev–Trinajstić information content (AvgIpc) is 2.73. The Kier molecular flexibility index (Phi) is 7.27. The molecule has 3 rings (SSSR count). The third-order valence-corrected chi connectivity index (χ3v) is 4.77. The Hall–Kier alpha value is -2.83. The van der Waals surface area contributed by atoms with E-state index in [4.69, 9.17) is 21.1 Å². The molecule has 29 heavy (non-hydrogen) atoms. The number of carbonyl (C=O) groups excluding carboxylic acids is 1. The number of hydrogen-bond donors (Lipinski definition) is 1. The number of hydrazone groups is 1. The van der Waals surface area contributed by atoms with Crippen LogP contribution in [0.3, 0.4) is 0 Å². The predicted molar refractivity (Wildman–Crippen MR) is 118 cm³/mol. The molecular weight excluding hydrogens is 456 g/mol. The maximum atomic E-state index is 12.3. The largest absolute Gasteiger partial charge is 0.496 e. The summed E-state index contributed by atoms with van der Waals surface area (Å²) in [6.45, 7) is 0.429. The van der Waals surface area contributed by atoms with Crippen molar-refractivity contribution in [3.8, 4) is 11.5 Å². The summed E-state index contributed by atoms with van der Waals surface area (Å²) in [5.74, 6) is 0.660. The van der Waals surface area contributed by atoms with E-state index in [0.29, 0.717) is 28.7 Å². The molecule has 0 unspecified atom stereocenters. The minimum Gasteiger partial charge on any atom is -0.496 e. The van der Waals surface area contributed by atoms with E-state index in [2.05, 4.69) is 26.5 Å². The molecule has 1 N–H and O–H groups in total. The number of benzene rings is 3. The first-order valence-electron chi connectivity index (χ1n) is 8.70. The van der Waals surface area contributed by atoms with Crippen molar-refractivity contribution in [1.82, 2.24) is 5.43 Å². The van der Waals surface area contributed by atoms with E-state index in [1.807, 2.05) is 36.4 Å². The van der Waals surface area contributed by atoms with Crippen LogP contribution in [0.15, 0.2) is 76.3 Å². The lowest BCUT2D eigenvalue weighted by molar-refractivity contribution is 0.0952. The lowest BCUT2D eigenvalue weighted by Crippen LogP contribution is -2.18. The highest BCUT2D eigenvalue weighted by Gasteiger charge is 2.12. The Morgan fingerprint density at radius 1 is 1.10 bits per heavy atom. The van der Waals surface area contributed by atoms with E-state index in [-0.39, 0.29) is 5.91 Å². The number of halogens is 2. The fraction of sp³-hybridized carbons (Fsp3) is 0.0909. The molecule has 0 aliphatic heterocycles. The smallest absolute Gasteiger partial charge is 0.275 e. The van der Waals surface area contributed by atoms with Crippen molar-refractivity contribution in [2.24, 2.45) is 5.10 Å². The number of methoxy groups -OCH3 is 1. The Balaban J connectivity index is 1.61. The van der Waals surface area contributed by atoms with Crippen LogP contribution >= 0.6 is 27.5 Å². The summed E-state index contributed by atoms with van der Waals surface area (Å²) in [6.07, 6.45) is 1.51. The lowest BCUT2D eigenvalue weighted by Gasteiger charge is -2.09. The Morgan fingerprint density at radius 2 is 1.86 bits per heavy atom. The van der Waals surface area contributed by atoms with Crippen molar-refractivity contribution in [1.29, 1.82) is 0 Å². The summed E-state index contributed by atoms with van der Waals surface area (Å²) in [7, 11) is 1.51. The van der Waals surface area contributed by atoms with Gasteiger partial charge in [0, 0.05) is 4.47 Å². The van der Waals surface area contributed by atoms with Crippen LogP contribution in [0.1, 0.15) is 21.5 Å². The van der Waals surface area contributed by atoms with Crippen molar-refractivity contribution in [2.75, 3.05) is 7.11 Å². The molecule has 0 aliphatic rings. The minimum absolute atomic E-state index is 0.377. The predicted octanol–water partition coefficient (Wildman–Crippen LogP) is 5.45. The van der Waals surface area contributed by atoms with E-state index >= 15 is 0 Å². The molecular formula is C22H18BrClN2O3. The van der Waals surface area contributed by atoms with E-state index < -0.39 is 0 Å². The van der Waals surface area contributed by atoms with Crippen LogP contribution in [-0.4, -0.2) is 19.2 Å². The molecule has 5 nitrogen and oxygen atoms in total. The van der Waals surface area contributed by atoms with Gasteiger partial charge in [-0.05, 0) is 47.5 Å². The third kappa shape index (κ3) is 5.82. The van der Waals surface area contributed by atoms with Gasteiger partial charge < -0.3 is 9.47 Å². The van der Waals surface area contributed by atoms with E-state index in [0.717, 1.165) is 15.6 Å². The number of rotatable bonds is 7. The molecule has 0 saturated carbocycles. The quantitative estimate of drug-likeness (QED) is 0.366. The summed E-state index contributed by atoms with van der Waals surface area (Å²) >= 11 is 9.63. The zero-order valence-corrected chi connectivity index (χ0v) is 17.9. The first-order chi connectivity index (χ1) is 14.1. The van der Waals surface area contributed by atoms with E-state index in [9.17, 15) is 4.79 Å². The molecule has 0 aliphatic carbocycles. The van der Waals surface area contributed by atoms with Crippen molar-refractivity contribution < 1.29 is 14.3 Å². The number of ether oxygens (including phenoxy) is 2. The van der Waals surface area contributed by atoms with E-state index in [1.54, 1.807) is 30.3 Å². The van der Waals surface area contributed by atoms with Gasteiger partial charge in [0.2, 0.25) is 0 Å². The van der Waals surface area contributed by atoms with Gasteiger partial charge in [0.1, 0.15) is 18.1 Å². The number of hydrogen-bond acceptors (Lipinski definition) is 4. The molecule has 0 fully saturated rings. The highest BCUT2D eigenvalue weighted by molar-refractivity contribution is 9.10. The standard InChI is InChI=1S/C22H18BrClN2O3/c1-28-20-10-8-17(23)12-18(20)22(27)26-25-13-16-7-9-21(19(24)11-16)29-14-15-5-3-2-4-6-15/h2-13H,14H2,1H3,(H,26,27)/b25-13-. The van der Waals surface area contributed by atoms with Crippen LogP contribution < -0.4 is 14.9 Å². The molecule has 0 bridgehead atoms. The molecule has 0 spiro atoms. The van der Waals surface area contributed by atoms with Gasteiger partial charge in [-0.15, -0.1) is 0 Å². The maximum absolute atomic E-state index is 12.3. The van der Waals surface area contributed by atoms with E-state index in [1.165, 1.54) is 13.3 Å². The van der Waals surface area contributed by atoms with Crippen LogP contribution in [-0.2, 0) is 6.61 Å². The van der Waals surface area contributed by atoms with Gasteiger partial charge in [0.15, 0.2) is 0 Å².